The highest BCUT2D eigenvalue weighted by molar-refractivity contribution is 5.85. The quantitative estimate of drug-likeness (QED) is 0.334. The fraction of sp³-hybridized carbons (Fsp3) is 0.469. The van der Waals surface area contributed by atoms with Gasteiger partial charge in [-0.05, 0) is 25.0 Å². The molecule has 2 aromatic carbocycles. The van der Waals surface area contributed by atoms with Crippen molar-refractivity contribution in [3.05, 3.63) is 77.4 Å². The molecule has 1 aromatic heterocycles. The molecule has 0 bridgehead atoms. The van der Waals surface area contributed by atoms with Crippen LogP contribution in [-0.4, -0.2) is 107 Å². The van der Waals surface area contributed by atoms with Gasteiger partial charge >= 0.3 is 6.01 Å². The van der Waals surface area contributed by atoms with Crippen LogP contribution in [0.4, 0.5) is 0 Å². The summed E-state index contributed by atoms with van der Waals surface area (Å²) in [5.74, 6) is 0.791. The Hall–Kier alpha value is -3.15. The van der Waals surface area contributed by atoms with Crippen molar-refractivity contribution in [1.82, 2.24) is 24.7 Å². The molecule has 2 fully saturated rings. The number of methoxy groups -OCH3 is 1. The highest BCUT2D eigenvalue weighted by Gasteiger charge is 2.43. The van der Waals surface area contributed by atoms with Crippen molar-refractivity contribution in [2.24, 2.45) is 0 Å². The summed E-state index contributed by atoms with van der Waals surface area (Å²) in [5.41, 5.74) is 3.28. The van der Waals surface area contributed by atoms with Gasteiger partial charge in [-0.1, -0.05) is 60.7 Å². The summed E-state index contributed by atoms with van der Waals surface area (Å²) in [6, 6.07) is 21.7. The predicted octanol–water partition coefficient (Wildman–Crippen LogP) is 3.65. The van der Waals surface area contributed by atoms with Gasteiger partial charge < -0.3 is 24.2 Å². The van der Waals surface area contributed by atoms with E-state index in [1.54, 1.807) is 4.90 Å². The van der Waals surface area contributed by atoms with Gasteiger partial charge in [0, 0.05) is 57.3 Å². The second-order valence-electron chi connectivity index (χ2n) is 10.6. The molecule has 0 aliphatic carbocycles. The maximum absolute atomic E-state index is 12.5. The van der Waals surface area contributed by atoms with Crippen molar-refractivity contribution in [2.75, 3.05) is 59.7 Å². The largest absolute Gasteiger partial charge is 0.477 e. The molecule has 2 saturated heterocycles. The Kier molecular flexibility index (Phi) is 13.5. The minimum atomic E-state index is -0.477. The van der Waals surface area contributed by atoms with Crippen LogP contribution in [0.3, 0.4) is 0 Å². The first-order chi connectivity index (χ1) is 20.6. The van der Waals surface area contributed by atoms with E-state index in [-0.39, 0.29) is 54.7 Å². The zero-order valence-electron chi connectivity index (χ0n) is 25.5. The van der Waals surface area contributed by atoms with Gasteiger partial charge in [-0.3, -0.25) is 14.6 Å². The Morgan fingerprint density at radius 1 is 0.886 bits per heavy atom. The van der Waals surface area contributed by atoms with Gasteiger partial charge in [0.05, 0.1) is 25.9 Å². The second-order valence-corrected chi connectivity index (χ2v) is 10.6. The molecule has 0 spiro atoms. The lowest BCUT2D eigenvalue weighted by atomic mass is 9.81. The van der Waals surface area contributed by atoms with Crippen LogP contribution in [0, 0.1) is 0 Å². The van der Waals surface area contributed by atoms with Crippen LogP contribution < -0.4 is 14.2 Å². The number of aliphatic hydroxyl groups excluding tert-OH is 1. The number of carbonyl (C=O) groups excluding carboxylic acids is 1. The standard InChI is InChI=1S/C32H41N5O5.2ClH/c1-4-41-30-26(31(42-5-2)34-32(33-30)40-3)20-35-18-25-19-36(28(39)22-38)16-17-37(25)27(21-35)29(23-12-8-6-9-13-23)24-14-10-7-11-15-24;;/h6-15,25,27,29,38H,4-5,16-22H2,1-3H3;2*1H/t25-,27+;;/m1../s1. The maximum Gasteiger partial charge on any atom is 0.322 e. The van der Waals surface area contributed by atoms with E-state index in [0.29, 0.717) is 44.6 Å². The van der Waals surface area contributed by atoms with Crippen molar-refractivity contribution < 1.29 is 24.1 Å². The molecule has 1 N–H and O–H groups in total. The fourth-order valence-electron chi connectivity index (χ4n) is 6.31. The Labute approximate surface area is 272 Å². The highest BCUT2D eigenvalue weighted by atomic mass is 35.5. The van der Waals surface area contributed by atoms with Gasteiger partial charge in [0.1, 0.15) is 6.61 Å². The van der Waals surface area contributed by atoms with Crippen LogP contribution in [0.25, 0.3) is 0 Å². The van der Waals surface area contributed by atoms with E-state index in [0.717, 1.165) is 25.2 Å². The number of hydrogen-bond donors (Lipinski definition) is 1. The molecule has 12 heteroatoms. The zero-order valence-corrected chi connectivity index (χ0v) is 27.1. The number of rotatable bonds is 11. The van der Waals surface area contributed by atoms with Crippen LogP contribution in [0.2, 0.25) is 0 Å². The Balaban J connectivity index is 0.00000264. The molecule has 2 atom stereocenters. The maximum atomic E-state index is 12.5. The zero-order chi connectivity index (χ0) is 29.5. The third kappa shape index (κ3) is 7.92. The molecule has 0 radical (unpaired) electrons. The number of piperazine rings is 2. The molecular formula is C32H43Cl2N5O5. The topological polar surface area (TPSA) is 100 Å². The number of carbonyl (C=O) groups is 1. The van der Waals surface area contributed by atoms with Gasteiger partial charge in [-0.25, -0.2) is 0 Å². The fourth-order valence-corrected chi connectivity index (χ4v) is 6.31. The van der Waals surface area contributed by atoms with Crippen LogP contribution in [-0.2, 0) is 11.3 Å². The van der Waals surface area contributed by atoms with Crippen LogP contribution in [0.5, 0.6) is 17.8 Å². The van der Waals surface area contributed by atoms with Crippen molar-refractivity contribution in [3.8, 4) is 17.8 Å². The van der Waals surface area contributed by atoms with Gasteiger partial charge in [0.15, 0.2) is 0 Å². The van der Waals surface area contributed by atoms with E-state index < -0.39 is 6.61 Å². The molecule has 2 aliphatic heterocycles. The number of nitrogens with zero attached hydrogens (tertiary/aromatic N) is 5. The lowest BCUT2D eigenvalue weighted by molar-refractivity contribution is -0.139. The average Bonchev–Trinajstić information content (AvgIpc) is 3.03. The number of aliphatic hydroxyl groups is 1. The van der Waals surface area contributed by atoms with Crippen LogP contribution >= 0.6 is 24.8 Å². The minimum absolute atomic E-state index is 0. The smallest absolute Gasteiger partial charge is 0.322 e. The van der Waals surface area contributed by atoms with E-state index in [9.17, 15) is 9.90 Å². The highest BCUT2D eigenvalue weighted by Crippen LogP contribution is 2.37. The molecular weight excluding hydrogens is 605 g/mol. The molecule has 3 aromatic rings. The van der Waals surface area contributed by atoms with Crippen molar-refractivity contribution >= 4 is 30.7 Å². The Morgan fingerprint density at radius 2 is 1.45 bits per heavy atom. The molecule has 5 rings (SSSR count). The molecule has 2 aliphatic rings. The predicted molar refractivity (Wildman–Crippen MR) is 173 cm³/mol. The molecule has 0 unspecified atom stereocenters. The summed E-state index contributed by atoms with van der Waals surface area (Å²) in [4.78, 5) is 28.3. The summed E-state index contributed by atoms with van der Waals surface area (Å²) in [7, 11) is 1.53. The summed E-state index contributed by atoms with van der Waals surface area (Å²) < 4.78 is 17.3. The first-order valence-electron chi connectivity index (χ1n) is 14.7. The Bertz CT molecular complexity index is 1260. The minimum Gasteiger partial charge on any atom is -0.477 e. The van der Waals surface area contributed by atoms with Crippen molar-refractivity contribution in [1.29, 1.82) is 0 Å². The van der Waals surface area contributed by atoms with Gasteiger partial charge in [0.25, 0.3) is 0 Å². The second kappa shape index (κ2) is 16.8. The number of fused-ring (bicyclic) bond motifs is 1. The molecule has 10 nitrogen and oxygen atoms in total. The van der Waals surface area contributed by atoms with Gasteiger partial charge in [0.2, 0.25) is 17.7 Å². The van der Waals surface area contributed by atoms with Crippen LogP contribution in [0.1, 0.15) is 36.5 Å². The normalized spacial score (nSPS) is 18.5. The lowest BCUT2D eigenvalue weighted by Gasteiger charge is -2.53. The van der Waals surface area contributed by atoms with E-state index in [1.807, 2.05) is 13.8 Å². The first kappa shape index (κ1) is 35.3. The monoisotopic (exact) mass is 647 g/mol. The van der Waals surface area contributed by atoms with Gasteiger partial charge in [-0.15, -0.1) is 24.8 Å². The molecule has 44 heavy (non-hydrogen) atoms. The summed E-state index contributed by atoms with van der Waals surface area (Å²) >= 11 is 0. The van der Waals surface area contributed by atoms with Crippen molar-refractivity contribution in [2.45, 2.75) is 38.4 Å². The third-order valence-corrected chi connectivity index (χ3v) is 8.10. The van der Waals surface area contributed by atoms with E-state index in [1.165, 1.54) is 18.2 Å². The molecule has 1 amide bonds. The molecule has 240 valence electrons. The van der Waals surface area contributed by atoms with Gasteiger partial charge in [-0.2, -0.15) is 9.97 Å². The number of halogens is 2. The molecule has 0 saturated carbocycles. The van der Waals surface area contributed by atoms with E-state index >= 15 is 0 Å². The number of hydrogen-bond acceptors (Lipinski definition) is 9. The van der Waals surface area contributed by atoms with E-state index in [2.05, 4.69) is 80.4 Å². The van der Waals surface area contributed by atoms with Crippen LogP contribution in [0.15, 0.2) is 60.7 Å². The number of aromatic nitrogens is 2. The summed E-state index contributed by atoms with van der Waals surface area (Å²) in [5, 5.41) is 9.61. The number of benzene rings is 2. The number of ether oxygens (including phenoxy) is 3. The Morgan fingerprint density at radius 3 is 1.95 bits per heavy atom. The summed E-state index contributed by atoms with van der Waals surface area (Å²) in [6.45, 7) is 8.17. The SMILES string of the molecule is CCOc1nc(OC)nc(OCC)c1CN1C[C@@H]2CN(C(=O)CO)CCN2[C@H](C(c2ccccc2)c2ccccc2)C1.Cl.Cl. The first-order valence-corrected chi connectivity index (χ1v) is 14.7. The van der Waals surface area contributed by atoms with Crippen molar-refractivity contribution in [3.63, 3.8) is 0 Å². The summed E-state index contributed by atoms with van der Waals surface area (Å²) in [6.07, 6.45) is 0. The number of amides is 1. The van der Waals surface area contributed by atoms with E-state index in [4.69, 9.17) is 14.2 Å². The lowest BCUT2D eigenvalue weighted by Crippen LogP contribution is -2.67. The third-order valence-electron chi connectivity index (χ3n) is 8.10. The molecule has 3 heterocycles. The average molecular weight is 649 g/mol.